The maximum absolute atomic E-state index is 14.5. The van der Waals surface area contributed by atoms with Gasteiger partial charge in [0.1, 0.15) is 31.2 Å². The summed E-state index contributed by atoms with van der Waals surface area (Å²) < 4.78 is 88.1. The van der Waals surface area contributed by atoms with Crippen molar-refractivity contribution in [2.75, 3.05) is 91.3 Å². The number of Topliss-reactive ketones (excluding diaryl/α,β-unsaturated/α-hetero) is 1. The lowest BCUT2D eigenvalue weighted by Gasteiger charge is -2.47. The van der Waals surface area contributed by atoms with Crippen molar-refractivity contribution in [3.05, 3.63) is 64.6 Å². The number of hydrogen-bond acceptors (Lipinski definition) is 21. The number of azide groups is 1. The first-order valence-electron chi connectivity index (χ1n) is 31.6. The van der Waals surface area contributed by atoms with Crippen LogP contribution in [-0.2, 0) is 77.7 Å². The van der Waals surface area contributed by atoms with E-state index in [4.69, 9.17) is 71.8 Å². The summed E-state index contributed by atoms with van der Waals surface area (Å²) in [5.41, 5.74) is 11.7. The van der Waals surface area contributed by atoms with Gasteiger partial charge < -0.3 is 76.7 Å². The highest BCUT2D eigenvalue weighted by Crippen LogP contribution is 2.50. The van der Waals surface area contributed by atoms with Gasteiger partial charge in [0, 0.05) is 88.8 Å². The number of alkyl carbamates (subject to hydrolysis) is 1. The number of aliphatic hydroxyl groups is 1. The van der Waals surface area contributed by atoms with Gasteiger partial charge in [-0.15, -0.1) is 0 Å². The van der Waals surface area contributed by atoms with Crippen LogP contribution in [-0.4, -0.2) is 212 Å². The summed E-state index contributed by atoms with van der Waals surface area (Å²) in [5, 5.41) is 17.7. The van der Waals surface area contributed by atoms with Gasteiger partial charge in [-0.1, -0.05) is 58.9 Å². The SMILES string of the molecule is C=C1C[C@@H]2CC[C@]34C[C@@H](OC)[C@H](O3)[C@H]3C[C@@H](O4)[C@H]4OC(CC[C@@H]4O3)CC(=O)C[C@@H]3[C@@H](OC)[C@@H](C[C@H](O)CNC(=O)OCc4ccc(N(CCOCCOCCOCCN=[N+]=[N-])C(=O)OCC(C)(C)SSC)cc4)O[C@H]3CC3O[C@@H](CCC1O2)C[C@@H](C)C3=C. The van der Waals surface area contributed by atoms with E-state index >= 15 is 0 Å². The van der Waals surface area contributed by atoms with Crippen molar-refractivity contribution in [1.82, 2.24) is 5.32 Å². The standard InChI is InChI=1S/C63H95N5O18S2/c1-38-27-45-13-15-49-39(2)28-47(80-49)17-18-63-34-56(73-6)59(86-63)54-33-55(85-63)58-50(83-54)16-14-46(82-58)29-43(69)30-48-52(32-51(81-45)40(38)3)84-53(57(48)74-7)31-44(70)35-65-60(71)78-36-41-9-11-42(12-10-41)68(61(72)79-37-62(4,5)88-87-8)20-22-76-24-26-77-25-23-75-21-19-66-67-64/h9-12,38,44-59,70H,2-3,13-37H2,1,4-8H3,(H,65,71)/t38-,44+,45+,46?,47+,48+,49?,50+,51?,52+,53-,54-,55-,56-,57-,58+,59-,63-/m1/s1. The van der Waals surface area contributed by atoms with Crippen molar-refractivity contribution in [2.45, 2.75) is 219 Å². The van der Waals surface area contributed by atoms with E-state index in [0.717, 1.165) is 49.7 Å². The molecule has 2 N–H and O–H groups in total. The molecule has 0 aromatic heterocycles. The molecule has 8 fully saturated rings. The number of ketones is 1. The average molecular weight is 1270 g/mol. The number of rotatable bonds is 25. The van der Waals surface area contributed by atoms with E-state index in [2.05, 4.69) is 35.4 Å². The van der Waals surface area contributed by atoms with Gasteiger partial charge in [0.05, 0.1) is 130 Å². The van der Waals surface area contributed by atoms with Gasteiger partial charge in [0.2, 0.25) is 0 Å². The number of methoxy groups -OCH3 is 2. The Morgan fingerprint density at radius 3 is 2.32 bits per heavy atom. The third-order valence-electron chi connectivity index (χ3n) is 18.4. The zero-order valence-electron chi connectivity index (χ0n) is 52.2. The largest absolute Gasteiger partial charge is 0.448 e. The molecule has 0 aliphatic carbocycles. The Morgan fingerprint density at radius 2 is 1.57 bits per heavy atom. The Kier molecular flexibility index (Phi) is 25.6. The third kappa shape index (κ3) is 18.6. The summed E-state index contributed by atoms with van der Waals surface area (Å²) in [6.07, 6.45) is 3.64. The maximum atomic E-state index is 14.5. The molecule has 23 nitrogen and oxygen atoms in total. The van der Waals surface area contributed by atoms with Crippen LogP contribution in [0.25, 0.3) is 10.4 Å². The molecule has 8 aliphatic rings. The number of aliphatic hydroxyl groups excluding tert-OH is 1. The molecule has 8 heterocycles. The van der Waals surface area contributed by atoms with Crippen LogP contribution < -0.4 is 10.2 Å². The summed E-state index contributed by atoms with van der Waals surface area (Å²) >= 11 is 0. The molecule has 1 spiro atoms. The number of carbonyl (C=O) groups is 3. The van der Waals surface area contributed by atoms with Crippen molar-refractivity contribution in [3.63, 3.8) is 0 Å². The van der Waals surface area contributed by atoms with E-state index in [1.807, 2.05) is 20.1 Å². The highest BCUT2D eigenvalue weighted by Gasteiger charge is 2.60. The van der Waals surface area contributed by atoms with Crippen molar-refractivity contribution in [1.29, 1.82) is 0 Å². The Bertz CT molecular complexity index is 2520. The predicted octanol–water partition coefficient (Wildman–Crippen LogP) is 9.14. The topological polar surface area (TPSA) is 265 Å². The zero-order valence-corrected chi connectivity index (χ0v) is 53.8. The molecule has 492 valence electrons. The second-order valence-corrected chi connectivity index (χ2v) is 28.4. The predicted molar refractivity (Wildman–Crippen MR) is 329 cm³/mol. The number of anilines is 1. The lowest BCUT2D eigenvalue weighted by Crippen LogP contribution is -2.58. The van der Waals surface area contributed by atoms with Gasteiger partial charge in [-0.2, -0.15) is 0 Å². The fourth-order valence-corrected chi connectivity index (χ4v) is 16.0. The van der Waals surface area contributed by atoms with Crippen LogP contribution in [0.1, 0.15) is 116 Å². The van der Waals surface area contributed by atoms with E-state index in [-0.39, 0.29) is 148 Å². The Hall–Kier alpha value is -3.60. The fraction of sp³-hybridized carbons (Fsp3) is 0.794. The molecule has 88 heavy (non-hydrogen) atoms. The summed E-state index contributed by atoms with van der Waals surface area (Å²) in [6.45, 7) is 17.5. The molecular weight excluding hydrogens is 1180 g/mol. The van der Waals surface area contributed by atoms with Crippen molar-refractivity contribution in [3.8, 4) is 0 Å². The monoisotopic (exact) mass is 1270 g/mol. The number of ether oxygens (including phenoxy) is 14. The van der Waals surface area contributed by atoms with Gasteiger partial charge in [-0.05, 0) is 105 Å². The van der Waals surface area contributed by atoms with Crippen molar-refractivity contribution in [2.24, 2.45) is 17.0 Å². The smallest absolute Gasteiger partial charge is 0.414 e. The summed E-state index contributed by atoms with van der Waals surface area (Å²) in [7, 11) is 6.55. The number of carbonyl (C=O) groups excluding carboxylic acids is 3. The molecule has 8 aliphatic heterocycles. The van der Waals surface area contributed by atoms with Gasteiger partial charge >= 0.3 is 12.2 Å². The number of amides is 2. The summed E-state index contributed by atoms with van der Waals surface area (Å²) in [5.74, 6) is -1.06. The van der Waals surface area contributed by atoms with Crippen LogP contribution in [0.3, 0.4) is 0 Å². The van der Waals surface area contributed by atoms with E-state index in [0.29, 0.717) is 76.4 Å². The first-order chi connectivity index (χ1) is 42.5. The molecule has 3 unspecified atom stereocenters. The minimum Gasteiger partial charge on any atom is -0.448 e. The van der Waals surface area contributed by atoms with Crippen LogP contribution in [0, 0.1) is 11.8 Å². The highest BCUT2D eigenvalue weighted by molar-refractivity contribution is 8.77. The summed E-state index contributed by atoms with van der Waals surface area (Å²) in [6, 6.07) is 7.02. The average Bonchev–Trinajstić information content (AvgIpc) is 1.65. The lowest BCUT2D eigenvalue weighted by molar-refractivity contribution is -0.277. The Morgan fingerprint density at radius 1 is 0.830 bits per heavy atom. The van der Waals surface area contributed by atoms with Gasteiger partial charge in [-0.25, -0.2) is 9.59 Å². The van der Waals surface area contributed by atoms with Gasteiger partial charge in [-0.3, -0.25) is 9.69 Å². The molecule has 0 saturated carbocycles. The number of hydrogen-bond donors (Lipinski definition) is 2. The first kappa shape index (κ1) is 68.8. The van der Waals surface area contributed by atoms with E-state index in [1.54, 1.807) is 60.1 Å². The number of fused-ring (bicyclic) bond motifs is 9. The summed E-state index contributed by atoms with van der Waals surface area (Å²) in [4.78, 5) is 45.4. The van der Waals surface area contributed by atoms with Gasteiger partial charge in [0.25, 0.3) is 0 Å². The van der Waals surface area contributed by atoms with Crippen LogP contribution >= 0.6 is 21.6 Å². The molecular formula is C63H95N5O18S2. The normalized spacial score (nSPS) is 34.4. The lowest BCUT2D eigenvalue weighted by atomic mass is 9.81. The fourth-order valence-electron chi connectivity index (χ4n) is 13.9. The van der Waals surface area contributed by atoms with Crippen LogP contribution in [0.2, 0.25) is 0 Å². The molecule has 9 rings (SSSR count). The van der Waals surface area contributed by atoms with Crippen LogP contribution in [0.5, 0.6) is 0 Å². The quantitative estimate of drug-likeness (QED) is 0.0231. The molecule has 0 radical (unpaired) electrons. The molecule has 8 saturated heterocycles. The minimum atomic E-state index is -1.06. The Balaban J connectivity index is 0.802. The molecule has 1 aromatic rings. The maximum Gasteiger partial charge on any atom is 0.414 e. The number of benzene rings is 1. The number of nitrogens with zero attached hydrogens (tertiary/aromatic N) is 4. The zero-order chi connectivity index (χ0) is 62.4. The molecule has 18 atom stereocenters. The highest BCUT2D eigenvalue weighted by atomic mass is 33.1. The van der Waals surface area contributed by atoms with Gasteiger partial charge in [0.15, 0.2) is 5.79 Å². The molecule has 10 bridgehead atoms. The van der Waals surface area contributed by atoms with Crippen LogP contribution in [0.4, 0.5) is 15.3 Å². The second kappa shape index (κ2) is 32.8. The first-order valence-corrected chi connectivity index (χ1v) is 34.2. The second-order valence-electron chi connectivity index (χ2n) is 25.3. The van der Waals surface area contributed by atoms with Crippen molar-refractivity contribution >= 4 is 45.2 Å². The van der Waals surface area contributed by atoms with Crippen molar-refractivity contribution < 1.29 is 85.8 Å². The molecule has 2 amide bonds. The third-order valence-corrected chi connectivity index (χ3v) is 21.0. The Labute approximate surface area is 526 Å². The van der Waals surface area contributed by atoms with E-state index < -0.39 is 42.4 Å². The number of nitrogens with one attached hydrogen (secondary N) is 1. The van der Waals surface area contributed by atoms with Crippen LogP contribution in [0.15, 0.2) is 53.7 Å². The van der Waals surface area contributed by atoms with E-state index in [1.165, 1.54) is 4.90 Å². The minimum absolute atomic E-state index is 0.0220. The molecule has 25 heteroatoms. The van der Waals surface area contributed by atoms with E-state index in [9.17, 15) is 19.5 Å². The molecule has 1 aromatic carbocycles.